The summed E-state index contributed by atoms with van der Waals surface area (Å²) in [5.74, 6) is -0.255. The number of fused-ring (bicyclic) bond motifs is 2. The first-order valence-corrected chi connectivity index (χ1v) is 12.5. The van der Waals surface area contributed by atoms with Gasteiger partial charge in [-0.1, -0.05) is 17.7 Å². The number of nitrogens with zero attached hydrogens (tertiary/aromatic N) is 4. The Morgan fingerprint density at radius 3 is 2.71 bits per heavy atom. The number of likely N-dealkylation sites (tertiary alicyclic amines) is 1. The van der Waals surface area contributed by atoms with Gasteiger partial charge in [-0.3, -0.25) is 19.7 Å². The van der Waals surface area contributed by atoms with Crippen molar-refractivity contribution in [3.63, 3.8) is 0 Å². The number of benzene rings is 1. The summed E-state index contributed by atoms with van der Waals surface area (Å²) in [5.41, 5.74) is 14.8. The first-order chi connectivity index (χ1) is 16.3. The Kier molecular flexibility index (Phi) is 5.41. The molecule has 1 aromatic heterocycles. The van der Waals surface area contributed by atoms with Gasteiger partial charge in [-0.2, -0.15) is 5.10 Å². The number of aromatic nitrogens is 2. The van der Waals surface area contributed by atoms with E-state index in [4.69, 9.17) is 17.3 Å². The van der Waals surface area contributed by atoms with Gasteiger partial charge in [-0.05, 0) is 42.7 Å². The predicted octanol–water partition coefficient (Wildman–Crippen LogP) is 0.227. The molecule has 1 aromatic carbocycles. The molecule has 6 N–H and O–H groups in total. The zero-order valence-electron chi connectivity index (χ0n) is 19.5. The van der Waals surface area contributed by atoms with E-state index in [1.54, 1.807) is 4.68 Å². The molecule has 184 valence electrons. The minimum atomic E-state index is -0.331. The summed E-state index contributed by atoms with van der Waals surface area (Å²) in [6, 6.07) is 3.71. The maximum atomic E-state index is 13.6. The summed E-state index contributed by atoms with van der Waals surface area (Å²) in [5, 5.41) is 19.7. The Hall–Kier alpha value is -1.79. The first kappa shape index (κ1) is 22.7. The smallest absolute Gasteiger partial charge is 0.232 e. The van der Waals surface area contributed by atoms with Crippen molar-refractivity contribution < 1.29 is 9.90 Å². The van der Waals surface area contributed by atoms with Crippen molar-refractivity contribution in [1.29, 1.82) is 0 Å². The van der Waals surface area contributed by atoms with Gasteiger partial charge < -0.3 is 15.7 Å². The van der Waals surface area contributed by atoms with Crippen LogP contribution in [0.15, 0.2) is 18.3 Å². The van der Waals surface area contributed by atoms with Gasteiger partial charge in [0.2, 0.25) is 5.91 Å². The highest BCUT2D eigenvalue weighted by Gasteiger charge is 2.52. The largest absolute Gasteiger partial charge is 0.393 e. The second-order valence-electron chi connectivity index (χ2n) is 10.6. The molecule has 6 rings (SSSR count). The molecule has 3 saturated heterocycles. The average Bonchev–Trinajstić information content (AvgIpc) is 3.47. The molecule has 4 heterocycles. The van der Waals surface area contributed by atoms with E-state index >= 15 is 0 Å². The van der Waals surface area contributed by atoms with Gasteiger partial charge in [0.05, 0.1) is 34.8 Å². The Morgan fingerprint density at radius 2 is 2.00 bits per heavy atom. The molecule has 3 aliphatic heterocycles. The van der Waals surface area contributed by atoms with E-state index in [0.717, 1.165) is 48.8 Å². The highest BCUT2D eigenvalue weighted by molar-refractivity contribution is 6.36. The lowest BCUT2D eigenvalue weighted by Crippen LogP contribution is -2.70. The molecule has 2 aromatic rings. The Labute approximate surface area is 203 Å². The third-order valence-corrected chi connectivity index (χ3v) is 9.06. The second kappa shape index (κ2) is 8.12. The van der Waals surface area contributed by atoms with Crippen molar-refractivity contribution in [2.45, 2.75) is 56.3 Å². The van der Waals surface area contributed by atoms with Gasteiger partial charge in [0.1, 0.15) is 6.29 Å². The standard InChI is InChI=1S/C23H33ClN8O2/c1-30-11-14-15(29-30)4-3-13(18(14)24)19-17-20(28-27-19)26-22(31(2)21(17)34)32-7-5-23(6-8-32)10-12(33)9-16(23)25/h3-4,11-12,16-17,19-20,22,26-28,33H,5-10,25H2,1-2H3/t12-,16-,17?,19?,20?,22?/m1/s1. The molecule has 4 aliphatic rings. The molecule has 1 spiro atoms. The topological polar surface area (TPSA) is 124 Å². The van der Waals surface area contributed by atoms with Crippen LogP contribution in [0.25, 0.3) is 10.9 Å². The molecule has 11 heteroatoms. The second-order valence-corrected chi connectivity index (χ2v) is 10.9. The number of hydrogen-bond donors (Lipinski definition) is 5. The number of nitrogens with one attached hydrogen (secondary N) is 3. The van der Waals surface area contributed by atoms with Crippen LogP contribution in [0.5, 0.6) is 0 Å². The third-order valence-electron chi connectivity index (χ3n) is 8.64. The van der Waals surface area contributed by atoms with Crippen molar-refractivity contribution in [2.75, 3.05) is 20.1 Å². The summed E-state index contributed by atoms with van der Waals surface area (Å²) < 4.78 is 1.75. The number of piperidine rings is 1. The van der Waals surface area contributed by atoms with Crippen molar-refractivity contribution in [1.82, 2.24) is 35.7 Å². The normalized spacial score (nSPS) is 36.0. The number of nitrogens with two attached hydrogens (primary N) is 1. The summed E-state index contributed by atoms with van der Waals surface area (Å²) >= 11 is 6.78. The number of hydrogen-bond acceptors (Lipinski definition) is 8. The SMILES string of the molecule is CN1C(=O)C2C(NNC2c2ccc3nn(C)cc3c2Cl)NC1N1CCC2(CC1)C[C@H](O)C[C@H]2N. The highest BCUT2D eigenvalue weighted by atomic mass is 35.5. The zero-order chi connectivity index (χ0) is 23.8. The summed E-state index contributed by atoms with van der Waals surface area (Å²) in [6.07, 6.45) is 4.56. The van der Waals surface area contributed by atoms with Gasteiger partial charge in [0.15, 0.2) is 0 Å². The van der Waals surface area contributed by atoms with E-state index in [0.29, 0.717) is 11.4 Å². The van der Waals surface area contributed by atoms with Crippen molar-refractivity contribution >= 4 is 28.4 Å². The summed E-state index contributed by atoms with van der Waals surface area (Å²) in [7, 11) is 3.74. The lowest BCUT2D eigenvalue weighted by molar-refractivity contribution is -0.151. The fourth-order valence-corrected chi connectivity index (χ4v) is 7.03. The lowest BCUT2D eigenvalue weighted by atomic mass is 9.74. The molecule has 0 radical (unpaired) electrons. The quantitative estimate of drug-likeness (QED) is 0.407. The molecular weight excluding hydrogens is 456 g/mol. The van der Waals surface area contributed by atoms with E-state index in [1.165, 1.54) is 0 Å². The minimum absolute atomic E-state index is 0.0235. The number of hydrazine groups is 1. The monoisotopic (exact) mass is 488 g/mol. The van der Waals surface area contributed by atoms with Gasteiger partial charge in [0.25, 0.3) is 0 Å². The van der Waals surface area contributed by atoms with E-state index in [9.17, 15) is 9.90 Å². The van der Waals surface area contributed by atoms with Crippen molar-refractivity contribution in [3.8, 4) is 0 Å². The number of carbonyl (C=O) groups is 1. The molecule has 6 atom stereocenters. The number of aryl methyl sites for hydroxylation is 1. The first-order valence-electron chi connectivity index (χ1n) is 12.1. The molecule has 1 aliphatic carbocycles. The summed E-state index contributed by atoms with van der Waals surface area (Å²) in [4.78, 5) is 17.8. The Bertz CT molecular complexity index is 1120. The molecular formula is C23H33ClN8O2. The fourth-order valence-electron chi connectivity index (χ4n) is 6.70. The van der Waals surface area contributed by atoms with Gasteiger partial charge in [-0.25, -0.2) is 10.9 Å². The van der Waals surface area contributed by atoms with Crippen LogP contribution in [0.2, 0.25) is 5.02 Å². The van der Waals surface area contributed by atoms with Crippen molar-refractivity contribution in [3.05, 3.63) is 28.9 Å². The molecule has 1 saturated carbocycles. The molecule has 4 unspecified atom stereocenters. The third kappa shape index (κ3) is 3.39. The van der Waals surface area contributed by atoms with Crippen LogP contribution in [-0.2, 0) is 11.8 Å². The number of aliphatic hydroxyl groups is 1. The van der Waals surface area contributed by atoms with Gasteiger partial charge in [0, 0.05) is 44.8 Å². The molecule has 34 heavy (non-hydrogen) atoms. The number of halogens is 1. The minimum Gasteiger partial charge on any atom is -0.393 e. The summed E-state index contributed by atoms with van der Waals surface area (Å²) in [6.45, 7) is 1.68. The van der Waals surface area contributed by atoms with Crippen LogP contribution >= 0.6 is 11.6 Å². The number of aliphatic hydroxyl groups excluding tert-OH is 1. The van der Waals surface area contributed by atoms with E-state index < -0.39 is 0 Å². The van der Waals surface area contributed by atoms with Crippen molar-refractivity contribution in [2.24, 2.45) is 24.1 Å². The Morgan fingerprint density at radius 1 is 1.24 bits per heavy atom. The van der Waals surface area contributed by atoms with Crippen LogP contribution in [0, 0.1) is 11.3 Å². The predicted molar refractivity (Wildman–Crippen MR) is 128 cm³/mol. The number of carbonyl (C=O) groups excluding carboxylic acids is 1. The van der Waals surface area contributed by atoms with Gasteiger partial charge >= 0.3 is 0 Å². The van der Waals surface area contributed by atoms with Crippen LogP contribution in [0.1, 0.15) is 37.3 Å². The lowest BCUT2D eigenvalue weighted by Gasteiger charge is -2.50. The highest BCUT2D eigenvalue weighted by Crippen LogP contribution is 2.46. The van der Waals surface area contributed by atoms with Crippen LogP contribution in [-0.4, -0.2) is 75.3 Å². The van der Waals surface area contributed by atoms with Gasteiger partial charge in [-0.15, -0.1) is 0 Å². The van der Waals surface area contributed by atoms with Crippen LogP contribution in [0.3, 0.4) is 0 Å². The molecule has 10 nitrogen and oxygen atoms in total. The Balaban J connectivity index is 1.20. The average molecular weight is 489 g/mol. The fraction of sp³-hybridized carbons (Fsp3) is 0.652. The van der Waals surface area contributed by atoms with E-state index in [1.807, 2.05) is 37.3 Å². The molecule has 1 amide bonds. The van der Waals surface area contributed by atoms with E-state index in [-0.39, 0.29) is 47.9 Å². The number of amides is 1. The number of rotatable bonds is 2. The maximum absolute atomic E-state index is 13.6. The van der Waals surface area contributed by atoms with E-state index in [2.05, 4.69) is 26.2 Å². The molecule has 4 fully saturated rings. The maximum Gasteiger partial charge on any atom is 0.232 e. The zero-order valence-corrected chi connectivity index (χ0v) is 20.3. The van der Waals surface area contributed by atoms with Crippen LogP contribution < -0.4 is 21.9 Å². The molecule has 0 bridgehead atoms. The van der Waals surface area contributed by atoms with Crippen LogP contribution in [0.4, 0.5) is 0 Å².